The molecule has 0 radical (unpaired) electrons. The fourth-order valence-corrected chi connectivity index (χ4v) is 4.88. The topological polar surface area (TPSA) is 126 Å². The quantitative estimate of drug-likeness (QED) is 0.257. The first-order chi connectivity index (χ1) is 18.4. The Morgan fingerprint density at radius 2 is 1.92 bits per heavy atom. The van der Waals surface area contributed by atoms with Crippen LogP contribution >= 0.6 is 11.6 Å². The molecule has 1 aromatic carbocycles. The molecule has 12 heteroatoms. The number of aromatic nitrogens is 2. The number of benzene rings is 1. The number of para-hydroxylation sites is 1. The molecule has 0 saturated carbocycles. The third kappa shape index (κ3) is 6.10. The van der Waals surface area contributed by atoms with Crippen LogP contribution in [0.5, 0.6) is 0 Å². The Morgan fingerprint density at radius 3 is 2.59 bits per heavy atom. The van der Waals surface area contributed by atoms with Gasteiger partial charge >= 0.3 is 6.09 Å². The third-order valence-electron chi connectivity index (χ3n) is 6.38. The fourth-order valence-electron chi connectivity index (χ4n) is 4.62. The molecule has 0 spiro atoms. The van der Waals surface area contributed by atoms with Gasteiger partial charge in [-0.25, -0.2) is 20.6 Å². The molecule has 2 aliphatic rings. The van der Waals surface area contributed by atoms with Gasteiger partial charge < -0.3 is 24.4 Å². The van der Waals surface area contributed by atoms with Crippen LogP contribution in [-0.2, 0) is 14.3 Å². The minimum Gasteiger partial charge on any atom is -0.444 e. The van der Waals surface area contributed by atoms with Crippen LogP contribution in [0.25, 0.3) is 11.0 Å². The van der Waals surface area contributed by atoms with Crippen LogP contribution in [0.2, 0.25) is 5.02 Å². The molecule has 1 saturated heterocycles. The van der Waals surface area contributed by atoms with Crippen LogP contribution in [0, 0.1) is 0 Å². The molecule has 2 atom stereocenters. The van der Waals surface area contributed by atoms with E-state index < -0.39 is 23.6 Å². The Kier molecular flexibility index (Phi) is 8.03. The van der Waals surface area contributed by atoms with Gasteiger partial charge in [-0.05, 0) is 64.3 Å². The van der Waals surface area contributed by atoms with E-state index in [1.807, 2.05) is 6.92 Å². The van der Waals surface area contributed by atoms with Crippen molar-refractivity contribution in [2.75, 3.05) is 31.2 Å². The van der Waals surface area contributed by atoms with Gasteiger partial charge in [0, 0.05) is 37.8 Å². The number of halogens is 1. The summed E-state index contributed by atoms with van der Waals surface area (Å²) in [6.07, 6.45) is 5.81. The molecule has 3 amide bonds. The molecule has 1 aromatic heterocycles. The van der Waals surface area contributed by atoms with Crippen molar-refractivity contribution in [2.24, 2.45) is 5.84 Å². The number of hydrogen-bond donors (Lipinski definition) is 2. The van der Waals surface area contributed by atoms with Crippen LogP contribution in [0.3, 0.4) is 0 Å². The summed E-state index contributed by atoms with van der Waals surface area (Å²) in [5.41, 5.74) is 0.730. The summed E-state index contributed by atoms with van der Waals surface area (Å²) in [6, 6.07) is 4.60. The van der Waals surface area contributed by atoms with Gasteiger partial charge in [-0.3, -0.25) is 9.59 Å². The lowest BCUT2D eigenvalue weighted by atomic mass is 10.1. The van der Waals surface area contributed by atoms with E-state index in [4.69, 9.17) is 22.2 Å². The maximum absolute atomic E-state index is 13.5. The first-order valence-electron chi connectivity index (χ1n) is 12.7. The number of nitrogens with zero attached hydrogens (tertiary/aromatic N) is 5. The molecule has 2 aliphatic heterocycles. The zero-order chi connectivity index (χ0) is 28.5. The summed E-state index contributed by atoms with van der Waals surface area (Å²) in [4.78, 5) is 47.2. The van der Waals surface area contributed by atoms with Crippen LogP contribution in [0.4, 0.5) is 10.7 Å². The van der Waals surface area contributed by atoms with E-state index in [0.29, 0.717) is 21.6 Å². The number of carbonyl (C=O) groups excluding carboxylic acids is 3. The molecular formula is C27H34ClN7O4. The summed E-state index contributed by atoms with van der Waals surface area (Å²) >= 11 is 6.66. The van der Waals surface area contributed by atoms with Crippen molar-refractivity contribution in [2.45, 2.75) is 45.4 Å². The van der Waals surface area contributed by atoms with Gasteiger partial charge in [0.05, 0.1) is 22.1 Å². The van der Waals surface area contributed by atoms with Crippen molar-refractivity contribution in [3.05, 3.63) is 59.8 Å². The lowest BCUT2D eigenvalue weighted by Gasteiger charge is -2.30. The average molecular weight is 556 g/mol. The van der Waals surface area contributed by atoms with Crippen molar-refractivity contribution < 1.29 is 19.1 Å². The van der Waals surface area contributed by atoms with E-state index in [9.17, 15) is 14.4 Å². The number of nitrogens with two attached hydrogens (primary N) is 1. The third-order valence-corrected chi connectivity index (χ3v) is 6.69. The number of nitrogens with one attached hydrogen (secondary N) is 1. The Labute approximate surface area is 232 Å². The van der Waals surface area contributed by atoms with Crippen molar-refractivity contribution in [3.63, 3.8) is 0 Å². The molecule has 0 bridgehead atoms. The van der Waals surface area contributed by atoms with E-state index in [1.54, 1.807) is 71.7 Å². The highest BCUT2D eigenvalue weighted by Gasteiger charge is 2.35. The second-order valence-corrected chi connectivity index (χ2v) is 11.0. The highest BCUT2D eigenvalue weighted by atomic mass is 35.5. The number of hydrazine groups is 1. The van der Waals surface area contributed by atoms with Gasteiger partial charge in [0.2, 0.25) is 11.9 Å². The number of fused-ring (bicyclic) bond motifs is 1. The number of rotatable bonds is 4. The van der Waals surface area contributed by atoms with Crippen LogP contribution in [0.1, 0.15) is 33.7 Å². The standard InChI is InChI=1S/C27H34ClN7O4/c1-6-22(36)32-12-13-33(26(38)39-27(3,4)5)16-19(15-32)34-23-20(28)8-7-9-21(23)31-25(34)35(29)24(37)18-10-11-30-17(2)14-18/h6-11,14,17,19,30H,1,12-13,15-16,29H2,2-5H3. The number of carbonyl (C=O) groups is 3. The molecule has 208 valence electrons. The average Bonchev–Trinajstić information content (AvgIpc) is 3.13. The van der Waals surface area contributed by atoms with E-state index in [2.05, 4.69) is 16.9 Å². The largest absolute Gasteiger partial charge is 0.444 e. The van der Waals surface area contributed by atoms with Crippen molar-refractivity contribution in [1.29, 1.82) is 0 Å². The highest BCUT2D eigenvalue weighted by Crippen LogP contribution is 2.33. The smallest absolute Gasteiger partial charge is 0.410 e. The molecule has 4 rings (SSSR count). The van der Waals surface area contributed by atoms with Gasteiger partial charge in [0.1, 0.15) is 5.60 Å². The molecule has 2 aromatic rings. The maximum atomic E-state index is 13.5. The molecule has 1 fully saturated rings. The second kappa shape index (κ2) is 11.1. The van der Waals surface area contributed by atoms with E-state index in [-0.39, 0.29) is 44.1 Å². The summed E-state index contributed by atoms with van der Waals surface area (Å²) in [7, 11) is 0. The van der Waals surface area contributed by atoms with Crippen LogP contribution < -0.4 is 16.2 Å². The number of ether oxygens (including phenoxy) is 1. The fraction of sp³-hybridized carbons (Fsp3) is 0.407. The number of dihydropyridines is 1. The Hall–Kier alpha value is -3.83. The predicted molar refractivity (Wildman–Crippen MR) is 150 cm³/mol. The lowest BCUT2D eigenvalue weighted by Crippen LogP contribution is -2.43. The zero-order valence-corrected chi connectivity index (χ0v) is 23.3. The Balaban J connectivity index is 1.82. The van der Waals surface area contributed by atoms with Crippen molar-refractivity contribution in [3.8, 4) is 0 Å². The molecule has 3 heterocycles. The summed E-state index contributed by atoms with van der Waals surface area (Å²) in [6.45, 7) is 11.8. The normalized spacial score (nSPS) is 19.7. The van der Waals surface area contributed by atoms with E-state index in [1.165, 1.54) is 6.08 Å². The molecule has 3 N–H and O–H groups in total. The first-order valence-corrected chi connectivity index (χ1v) is 13.1. The van der Waals surface area contributed by atoms with E-state index >= 15 is 0 Å². The van der Waals surface area contributed by atoms with Crippen LogP contribution in [-0.4, -0.2) is 75.1 Å². The maximum Gasteiger partial charge on any atom is 0.410 e. The highest BCUT2D eigenvalue weighted by molar-refractivity contribution is 6.35. The first kappa shape index (κ1) is 28.2. The van der Waals surface area contributed by atoms with E-state index in [0.717, 1.165) is 5.01 Å². The zero-order valence-electron chi connectivity index (χ0n) is 22.6. The minimum absolute atomic E-state index is 0.0571. The summed E-state index contributed by atoms with van der Waals surface area (Å²) < 4.78 is 7.37. The summed E-state index contributed by atoms with van der Waals surface area (Å²) in [5, 5.41) is 4.46. The molecule has 0 aliphatic carbocycles. The van der Waals surface area contributed by atoms with Gasteiger partial charge in [-0.2, -0.15) is 0 Å². The Morgan fingerprint density at radius 1 is 1.23 bits per heavy atom. The minimum atomic E-state index is -0.709. The molecule has 39 heavy (non-hydrogen) atoms. The SMILES string of the molecule is C=CC(=O)N1CCN(C(=O)OC(C)(C)C)CC(n2c(N(N)C(=O)C3=CC(C)NC=C3)nc3cccc(Cl)c32)C1. The molecular weight excluding hydrogens is 522 g/mol. The van der Waals surface area contributed by atoms with Gasteiger partial charge in [0.25, 0.3) is 5.91 Å². The Bertz CT molecular complexity index is 1360. The number of amides is 3. The summed E-state index contributed by atoms with van der Waals surface area (Å²) in [5.74, 6) is 5.81. The monoisotopic (exact) mass is 555 g/mol. The molecule has 2 unspecified atom stereocenters. The number of imidazole rings is 1. The van der Waals surface area contributed by atoms with Crippen molar-refractivity contribution >= 4 is 46.5 Å². The second-order valence-electron chi connectivity index (χ2n) is 10.5. The van der Waals surface area contributed by atoms with Gasteiger partial charge in [-0.1, -0.05) is 24.2 Å². The number of anilines is 1. The van der Waals surface area contributed by atoms with Crippen LogP contribution in [0.15, 0.2) is 54.8 Å². The van der Waals surface area contributed by atoms with Gasteiger partial charge in [-0.15, -0.1) is 0 Å². The van der Waals surface area contributed by atoms with Crippen molar-refractivity contribution in [1.82, 2.24) is 24.7 Å². The number of hydrogen-bond acceptors (Lipinski definition) is 7. The predicted octanol–water partition coefficient (Wildman–Crippen LogP) is 3.13. The molecule has 11 nitrogen and oxygen atoms in total. The van der Waals surface area contributed by atoms with Gasteiger partial charge in [0.15, 0.2) is 0 Å². The lowest BCUT2D eigenvalue weighted by molar-refractivity contribution is -0.126.